The molecule has 74 valence electrons. The number of benzene rings is 1. The van der Waals surface area contributed by atoms with Crippen LogP contribution in [0.4, 0.5) is 0 Å². The van der Waals surface area contributed by atoms with Gasteiger partial charge in [-0.2, -0.15) is 0 Å². The molecule has 0 heterocycles. The van der Waals surface area contributed by atoms with Crippen molar-refractivity contribution < 1.29 is 0 Å². The molecule has 0 N–H and O–H groups in total. The summed E-state index contributed by atoms with van der Waals surface area (Å²) >= 11 is 3.72. The molecule has 2 aliphatic rings. The summed E-state index contributed by atoms with van der Waals surface area (Å²) in [5.74, 6) is 1.88. The zero-order valence-corrected chi connectivity index (χ0v) is 9.89. The second kappa shape index (κ2) is 3.37. The zero-order chi connectivity index (χ0) is 9.54. The van der Waals surface area contributed by atoms with E-state index in [-0.39, 0.29) is 0 Å². The second-order valence-electron chi connectivity index (χ2n) is 4.65. The number of hydrogen-bond donors (Lipinski definition) is 0. The van der Waals surface area contributed by atoms with E-state index in [1.165, 1.54) is 36.6 Å². The van der Waals surface area contributed by atoms with Crippen LogP contribution in [0.5, 0.6) is 0 Å². The second-order valence-corrected chi connectivity index (χ2v) is 5.50. The Balaban J connectivity index is 2.07. The lowest BCUT2D eigenvalue weighted by molar-refractivity contribution is 0.501. The van der Waals surface area contributed by atoms with Gasteiger partial charge in [-0.05, 0) is 61.1 Å². The van der Waals surface area contributed by atoms with E-state index in [0.717, 1.165) is 11.8 Å². The summed E-state index contributed by atoms with van der Waals surface area (Å²) in [4.78, 5) is 0. The Morgan fingerprint density at radius 2 is 2.00 bits per heavy atom. The molecular formula is C13H15Br. The van der Waals surface area contributed by atoms with E-state index in [4.69, 9.17) is 0 Å². The Bertz CT molecular complexity index is 352. The van der Waals surface area contributed by atoms with Crippen molar-refractivity contribution in [1.82, 2.24) is 0 Å². The van der Waals surface area contributed by atoms with Crippen molar-refractivity contribution >= 4 is 15.9 Å². The molecule has 14 heavy (non-hydrogen) atoms. The van der Waals surface area contributed by atoms with Crippen molar-refractivity contribution in [3.63, 3.8) is 0 Å². The van der Waals surface area contributed by atoms with E-state index in [1.807, 2.05) is 0 Å². The van der Waals surface area contributed by atoms with Crippen molar-refractivity contribution in [1.29, 1.82) is 0 Å². The standard InChI is InChI=1S/C13H15Br/c14-12-6-2-4-10-3-1-5-11(13(10)12)9-7-8-9/h2,4,6,9,11H,1,3,5,7-8H2. The summed E-state index contributed by atoms with van der Waals surface area (Å²) in [5, 5.41) is 0. The molecule has 0 saturated heterocycles. The lowest BCUT2D eigenvalue weighted by atomic mass is 9.80. The van der Waals surface area contributed by atoms with E-state index in [0.29, 0.717) is 0 Å². The average Bonchev–Trinajstić information content (AvgIpc) is 3.01. The van der Waals surface area contributed by atoms with Gasteiger partial charge in [0.05, 0.1) is 0 Å². The fourth-order valence-corrected chi connectivity index (χ4v) is 3.54. The van der Waals surface area contributed by atoms with Gasteiger partial charge in [-0.15, -0.1) is 0 Å². The summed E-state index contributed by atoms with van der Waals surface area (Å²) in [7, 11) is 0. The lowest BCUT2D eigenvalue weighted by Gasteiger charge is -2.26. The van der Waals surface area contributed by atoms with Crippen LogP contribution in [0.3, 0.4) is 0 Å². The van der Waals surface area contributed by atoms with Crippen LogP contribution >= 0.6 is 15.9 Å². The molecule has 0 bridgehead atoms. The van der Waals surface area contributed by atoms with Crippen molar-refractivity contribution in [2.24, 2.45) is 5.92 Å². The molecule has 1 saturated carbocycles. The highest BCUT2D eigenvalue weighted by Crippen LogP contribution is 2.50. The minimum atomic E-state index is 0.870. The molecule has 0 amide bonds. The van der Waals surface area contributed by atoms with Gasteiger partial charge < -0.3 is 0 Å². The Labute approximate surface area is 93.8 Å². The topological polar surface area (TPSA) is 0 Å². The molecule has 0 aromatic heterocycles. The number of halogens is 1. The first kappa shape index (κ1) is 8.96. The third-order valence-electron chi connectivity index (χ3n) is 3.67. The van der Waals surface area contributed by atoms with Gasteiger partial charge in [0.25, 0.3) is 0 Å². The first-order valence-corrected chi connectivity index (χ1v) is 6.43. The maximum absolute atomic E-state index is 3.72. The van der Waals surface area contributed by atoms with Gasteiger partial charge in [0, 0.05) is 4.47 Å². The molecule has 1 aromatic rings. The van der Waals surface area contributed by atoms with E-state index in [2.05, 4.69) is 34.1 Å². The van der Waals surface area contributed by atoms with Crippen LogP contribution in [-0.2, 0) is 6.42 Å². The van der Waals surface area contributed by atoms with Gasteiger partial charge in [-0.25, -0.2) is 0 Å². The van der Waals surface area contributed by atoms with E-state index < -0.39 is 0 Å². The first-order chi connectivity index (χ1) is 6.86. The average molecular weight is 251 g/mol. The molecule has 1 aromatic carbocycles. The molecule has 1 unspecified atom stereocenters. The van der Waals surface area contributed by atoms with E-state index in [1.54, 1.807) is 11.1 Å². The Morgan fingerprint density at radius 1 is 1.14 bits per heavy atom. The molecule has 0 spiro atoms. The molecule has 0 radical (unpaired) electrons. The maximum atomic E-state index is 3.72. The number of fused-ring (bicyclic) bond motifs is 1. The molecular weight excluding hydrogens is 236 g/mol. The predicted molar refractivity (Wildman–Crippen MR) is 62.5 cm³/mol. The van der Waals surface area contributed by atoms with Crippen molar-refractivity contribution in [2.45, 2.75) is 38.0 Å². The minimum Gasteiger partial charge on any atom is -0.0609 e. The summed E-state index contributed by atoms with van der Waals surface area (Å²) < 4.78 is 1.35. The Kier molecular flexibility index (Phi) is 2.16. The minimum absolute atomic E-state index is 0.870. The molecule has 3 rings (SSSR count). The molecule has 1 atom stereocenters. The third-order valence-corrected chi connectivity index (χ3v) is 4.36. The molecule has 0 aliphatic heterocycles. The summed E-state index contributed by atoms with van der Waals surface area (Å²) in [6, 6.07) is 6.70. The monoisotopic (exact) mass is 250 g/mol. The van der Waals surface area contributed by atoms with Gasteiger partial charge in [0.15, 0.2) is 0 Å². The Hall–Kier alpha value is -0.300. The van der Waals surface area contributed by atoms with Crippen molar-refractivity contribution in [2.75, 3.05) is 0 Å². The maximum Gasteiger partial charge on any atom is 0.0212 e. The summed E-state index contributed by atoms with van der Waals surface area (Å²) in [6.45, 7) is 0. The molecule has 0 nitrogen and oxygen atoms in total. The SMILES string of the molecule is Brc1cccc2c1C(C1CC1)CCC2. The summed E-state index contributed by atoms with van der Waals surface area (Å²) in [5.41, 5.74) is 3.24. The largest absolute Gasteiger partial charge is 0.0609 e. The molecule has 1 heteroatoms. The van der Waals surface area contributed by atoms with Gasteiger partial charge >= 0.3 is 0 Å². The zero-order valence-electron chi connectivity index (χ0n) is 8.30. The van der Waals surface area contributed by atoms with Crippen LogP contribution in [0.2, 0.25) is 0 Å². The number of hydrogen-bond acceptors (Lipinski definition) is 0. The van der Waals surface area contributed by atoms with Gasteiger partial charge in [-0.3, -0.25) is 0 Å². The highest BCUT2D eigenvalue weighted by molar-refractivity contribution is 9.10. The fraction of sp³-hybridized carbons (Fsp3) is 0.538. The van der Waals surface area contributed by atoms with Crippen molar-refractivity contribution in [3.8, 4) is 0 Å². The first-order valence-electron chi connectivity index (χ1n) is 5.63. The van der Waals surface area contributed by atoms with Gasteiger partial charge in [-0.1, -0.05) is 28.1 Å². The quantitative estimate of drug-likeness (QED) is 0.698. The highest BCUT2D eigenvalue weighted by Gasteiger charge is 2.35. The van der Waals surface area contributed by atoms with Crippen LogP contribution in [0.1, 0.15) is 42.7 Å². The fourth-order valence-electron chi connectivity index (χ4n) is 2.84. The van der Waals surface area contributed by atoms with Gasteiger partial charge in [0.1, 0.15) is 0 Å². The van der Waals surface area contributed by atoms with Crippen LogP contribution in [0.25, 0.3) is 0 Å². The lowest BCUT2D eigenvalue weighted by Crippen LogP contribution is -2.12. The number of aryl methyl sites for hydroxylation is 1. The Morgan fingerprint density at radius 3 is 2.79 bits per heavy atom. The van der Waals surface area contributed by atoms with Gasteiger partial charge in [0.2, 0.25) is 0 Å². The van der Waals surface area contributed by atoms with E-state index >= 15 is 0 Å². The molecule has 2 aliphatic carbocycles. The van der Waals surface area contributed by atoms with E-state index in [9.17, 15) is 0 Å². The number of rotatable bonds is 1. The highest BCUT2D eigenvalue weighted by atomic mass is 79.9. The van der Waals surface area contributed by atoms with Crippen LogP contribution in [0.15, 0.2) is 22.7 Å². The van der Waals surface area contributed by atoms with Crippen molar-refractivity contribution in [3.05, 3.63) is 33.8 Å². The van der Waals surface area contributed by atoms with Crippen LogP contribution in [0, 0.1) is 5.92 Å². The van der Waals surface area contributed by atoms with Crippen LogP contribution in [-0.4, -0.2) is 0 Å². The molecule has 1 fully saturated rings. The van der Waals surface area contributed by atoms with Crippen LogP contribution < -0.4 is 0 Å². The normalized spacial score (nSPS) is 25.9. The summed E-state index contributed by atoms with van der Waals surface area (Å²) in [6.07, 6.45) is 7.03. The smallest absolute Gasteiger partial charge is 0.0212 e. The third kappa shape index (κ3) is 1.42. The predicted octanol–water partition coefficient (Wildman–Crippen LogP) is 4.28.